The molecule has 0 unspecified atom stereocenters. The van der Waals surface area contributed by atoms with Crippen molar-refractivity contribution in [1.82, 2.24) is 0 Å². The summed E-state index contributed by atoms with van der Waals surface area (Å²) in [5.74, 6) is -1.77. The lowest BCUT2D eigenvalue weighted by Crippen LogP contribution is -2.28. The topological polar surface area (TPSA) is 84.7 Å². The van der Waals surface area contributed by atoms with Crippen molar-refractivity contribution in [1.29, 1.82) is 0 Å². The molecule has 1 heterocycles. The van der Waals surface area contributed by atoms with Crippen molar-refractivity contribution < 1.29 is 9.18 Å². The van der Waals surface area contributed by atoms with E-state index in [4.69, 9.17) is 23.1 Å². The first-order chi connectivity index (χ1) is 12.0. The van der Waals surface area contributed by atoms with E-state index in [1.807, 2.05) is 30.3 Å². The van der Waals surface area contributed by atoms with Gasteiger partial charge in [-0.05, 0) is 29.8 Å². The maximum absolute atomic E-state index is 13.5. The minimum Gasteiger partial charge on any atom is -0.370 e. The third kappa shape index (κ3) is 3.74. The highest BCUT2D eigenvalue weighted by molar-refractivity contribution is 6.30. The van der Waals surface area contributed by atoms with Gasteiger partial charge in [0.1, 0.15) is 5.82 Å². The lowest BCUT2D eigenvalue weighted by molar-refractivity contribution is -0.121. The summed E-state index contributed by atoms with van der Waals surface area (Å²) >= 11 is 5.92. The number of carbonyl (C=O) groups is 1. The standard InChI is InChI=1S/C18H18ClFN4O/c19-15-8-11(6-7-16(15)20)13-9-24(12-4-2-1-3-5-12)10-14(13)17(25)23-18(21)22/h1-8,13-14H,9-10H2,(H4,21,22,23,25)/t13-,14+/m1/s1. The zero-order valence-corrected chi connectivity index (χ0v) is 14.2. The number of amides is 1. The van der Waals surface area contributed by atoms with Gasteiger partial charge in [0.05, 0.1) is 10.9 Å². The molecule has 130 valence electrons. The first kappa shape index (κ1) is 17.2. The summed E-state index contributed by atoms with van der Waals surface area (Å²) in [6.45, 7) is 1.06. The van der Waals surface area contributed by atoms with Crippen LogP contribution in [0.4, 0.5) is 10.1 Å². The van der Waals surface area contributed by atoms with E-state index in [-0.39, 0.29) is 22.8 Å². The van der Waals surface area contributed by atoms with Crippen molar-refractivity contribution >= 4 is 29.2 Å². The number of anilines is 1. The molecule has 2 aromatic rings. The summed E-state index contributed by atoms with van der Waals surface area (Å²) in [6, 6.07) is 14.3. The Morgan fingerprint density at radius 3 is 2.52 bits per heavy atom. The van der Waals surface area contributed by atoms with Gasteiger partial charge in [-0.1, -0.05) is 35.9 Å². The number of rotatable bonds is 3. The van der Waals surface area contributed by atoms with Gasteiger partial charge < -0.3 is 16.4 Å². The molecule has 1 saturated heterocycles. The number of benzene rings is 2. The zero-order chi connectivity index (χ0) is 18.0. The second kappa shape index (κ2) is 7.11. The fourth-order valence-electron chi connectivity index (χ4n) is 3.19. The Hall–Kier alpha value is -2.60. The first-order valence-corrected chi connectivity index (χ1v) is 8.22. The Labute approximate surface area is 150 Å². The van der Waals surface area contributed by atoms with Crippen LogP contribution in [-0.4, -0.2) is 25.0 Å². The van der Waals surface area contributed by atoms with Gasteiger partial charge in [-0.15, -0.1) is 0 Å². The van der Waals surface area contributed by atoms with Gasteiger partial charge in [0.2, 0.25) is 0 Å². The molecular weight excluding hydrogens is 343 g/mol. The van der Waals surface area contributed by atoms with E-state index in [9.17, 15) is 9.18 Å². The second-order valence-corrected chi connectivity index (χ2v) is 6.41. The summed E-state index contributed by atoms with van der Waals surface area (Å²) < 4.78 is 13.5. The SMILES string of the molecule is NC(N)=NC(=O)[C@H]1CN(c2ccccc2)C[C@@H]1c1ccc(F)c(Cl)c1. The van der Waals surface area contributed by atoms with Crippen molar-refractivity contribution in [2.45, 2.75) is 5.92 Å². The van der Waals surface area contributed by atoms with E-state index >= 15 is 0 Å². The smallest absolute Gasteiger partial charge is 0.254 e. The molecule has 0 aliphatic carbocycles. The highest BCUT2D eigenvalue weighted by Crippen LogP contribution is 2.37. The lowest BCUT2D eigenvalue weighted by Gasteiger charge is -2.18. The van der Waals surface area contributed by atoms with Gasteiger partial charge in [-0.25, -0.2) is 4.39 Å². The van der Waals surface area contributed by atoms with Gasteiger partial charge in [0.15, 0.2) is 5.96 Å². The van der Waals surface area contributed by atoms with E-state index < -0.39 is 11.7 Å². The van der Waals surface area contributed by atoms with E-state index in [0.29, 0.717) is 13.1 Å². The number of carbonyl (C=O) groups excluding carboxylic acids is 1. The van der Waals surface area contributed by atoms with E-state index in [2.05, 4.69) is 9.89 Å². The molecule has 1 aliphatic rings. The first-order valence-electron chi connectivity index (χ1n) is 7.84. The Morgan fingerprint density at radius 1 is 1.16 bits per heavy atom. The van der Waals surface area contributed by atoms with Crippen LogP contribution in [0, 0.1) is 11.7 Å². The number of aliphatic imine (C=N–C) groups is 1. The van der Waals surface area contributed by atoms with Gasteiger partial charge >= 0.3 is 0 Å². The van der Waals surface area contributed by atoms with Gasteiger partial charge in [0.25, 0.3) is 5.91 Å². The monoisotopic (exact) mass is 360 g/mol. The van der Waals surface area contributed by atoms with Crippen LogP contribution < -0.4 is 16.4 Å². The summed E-state index contributed by atoms with van der Waals surface area (Å²) in [5, 5.41) is 0.0312. The largest absolute Gasteiger partial charge is 0.370 e. The van der Waals surface area contributed by atoms with Crippen LogP contribution in [-0.2, 0) is 4.79 Å². The number of halogens is 2. The Balaban J connectivity index is 1.95. The third-order valence-electron chi connectivity index (χ3n) is 4.37. The van der Waals surface area contributed by atoms with Crippen molar-refractivity contribution in [2.75, 3.05) is 18.0 Å². The molecule has 1 amide bonds. The Bertz CT molecular complexity index is 808. The van der Waals surface area contributed by atoms with Crippen LogP contribution in [0.3, 0.4) is 0 Å². The van der Waals surface area contributed by atoms with Crippen LogP contribution in [0.15, 0.2) is 53.5 Å². The van der Waals surface area contributed by atoms with Crippen molar-refractivity contribution in [2.24, 2.45) is 22.4 Å². The molecule has 4 N–H and O–H groups in total. The van der Waals surface area contributed by atoms with Crippen LogP contribution >= 0.6 is 11.6 Å². The number of hydrogen-bond acceptors (Lipinski definition) is 2. The van der Waals surface area contributed by atoms with Crippen molar-refractivity contribution in [3.8, 4) is 0 Å². The maximum Gasteiger partial charge on any atom is 0.254 e. The third-order valence-corrected chi connectivity index (χ3v) is 4.66. The van der Waals surface area contributed by atoms with Crippen molar-refractivity contribution in [3.05, 3.63) is 64.9 Å². The molecular formula is C18H18ClFN4O. The van der Waals surface area contributed by atoms with Crippen LogP contribution in [0.5, 0.6) is 0 Å². The van der Waals surface area contributed by atoms with E-state index in [1.54, 1.807) is 12.1 Å². The Kier molecular flexibility index (Phi) is 4.90. The molecule has 2 atom stereocenters. The predicted octanol–water partition coefficient (Wildman–Crippen LogP) is 2.50. The van der Waals surface area contributed by atoms with E-state index in [0.717, 1.165) is 11.3 Å². The Morgan fingerprint density at radius 2 is 1.88 bits per heavy atom. The van der Waals surface area contributed by atoms with Gasteiger partial charge in [-0.2, -0.15) is 4.99 Å². The number of guanidine groups is 1. The zero-order valence-electron chi connectivity index (χ0n) is 13.4. The average molecular weight is 361 g/mol. The highest BCUT2D eigenvalue weighted by Gasteiger charge is 2.39. The molecule has 0 bridgehead atoms. The van der Waals surface area contributed by atoms with Crippen LogP contribution in [0.2, 0.25) is 5.02 Å². The molecule has 0 aromatic heterocycles. The summed E-state index contributed by atoms with van der Waals surface area (Å²) in [6.07, 6.45) is 0. The van der Waals surface area contributed by atoms with Crippen LogP contribution in [0.1, 0.15) is 11.5 Å². The number of para-hydroxylation sites is 1. The summed E-state index contributed by atoms with van der Waals surface area (Å²) in [7, 11) is 0. The number of nitrogens with zero attached hydrogens (tertiary/aromatic N) is 2. The normalized spacial score (nSPS) is 19.7. The minimum atomic E-state index is -0.490. The van der Waals surface area contributed by atoms with Gasteiger partial charge in [0, 0.05) is 24.7 Å². The maximum atomic E-state index is 13.5. The average Bonchev–Trinajstić information content (AvgIpc) is 3.03. The van der Waals surface area contributed by atoms with E-state index in [1.165, 1.54) is 6.07 Å². The quantitative estimate of drug-likeness (QED) is 0.650. The molecule has 1 aliphatic heterocycles. The molecule has 2 aromatic carbocycles. The highest BCUT2D eigenvalue weighted by atomic mass is 35.5. The molecule has 25 heavy (non-hydrogen) atoms. The van der Waals surface area contributed by atoms with Gasteiger partial charge in [-0.3, -0.25) is 4.79 Å². The number of nitrogens with two attached hydrogens (primary N) is 2. The molecule has 3 rings (SSSR count). The molecule has 0 spiro atoms. The molecule has 1 fully saturated rings. The number of hydrogen-bond donors (Lipinski definition) is 2. The van der Waals surface area contributed by atoms with Crippen molar-refractivity contribution in [3.63, 3.8) is 0 Å². The fraction of sp³-hybridized carbons (Fsp3) is 0.222. The molecule has 0 saturated carbocycles. The fourth-order valence-corrected chi connectivity index (χ4v) is 3.38. The van der Waals surface area contributed by atoms with Crippen LogP contribution in [0.25, 0.3) is 0 Å². The summed E-state index contributed by atoms with van der Waals surface area (Å²) in [5.41, 5.74) is 12.5. The lowest BCUT2D eigenvalue weighted by atomic mass is 9.88. The predicted molar refractivity (Wildman–Crippen MR) is 97.1 cm³/mol. The molecule has 5 nitrogen and oxygen atoms in total. The molecule has 7 heteroatoms. The molecule has 0 radical (unpaired) electrons. The summed E-state index contributed by atoms with van der Waals surface area (Å²) in [4.78, 5) is 18.3. The second-order valence-electron chi connectivity index (χ2n) is 6.00. The minimum absolute atomic E-state index is 0.0312.